The molecule has 124 valence electrons. The summed E-state index contributed by atoms with van der Waals surface area (Å²) in [6, 6.07) is 4.63. The van der Waals surface area contributed by atoms with Gasteiger partial charge in [-0.05, 0) is 44.4 Å². The minimum atomic E-state index is -3.92. The zero-order valence-electron chi connectivity index (χ0n) is 12.8. The second-order valence-corrected chi connectivity index (χ2v) is 8.19. The van der Waals surface area contributed by atoms with Crippen molar-refractivity contribution in [3.8, 4) is 5.75 Å². The van der Waals surface area contributed by atoms with Gasteiger partial charge in [0.05, 0.1) is 12.0 Å². The van der Waals surface area contributed by atoms with E-state index in [1.165, 1.54) is 48.6 Å². The lowest BCUT2D eigenvalue weighted by Gasteiger charge is -2.31. The number of ether oxygens (including phenoxy) is 1. The van der Waals surface area contributed by atoms with E-state index in [1.807, 2.05) is 0 Å². The van der Waals surface area contributed by atoms with Crippen molar-refractivity contribution in [2.75, 3.05) is 13.4 Å². The molecule has 0 spiro atoms. The molecule has 1 amide bonds. The molecule has 0 fully saturated rings. The van der Waals surface area contributed by atoms with Gasteiger partial charge in [-0.3, -0.25) is 10.0 Å². The summed E-state index contributed by atoms with van der Waals surface area (Å²) in [4.78, 5) is 11.8. The molecular formula is C13H20N2O5S2. The topological polar surface area (TPSA) is 105 Å². The molecule has 0 aliphatic heterocycles. The Morgan fingerprint density at radius 1 is 1.32 bits per heavy atom. The van der Waals surface area contributed by atoms with Crippen LogP contribution in [0.4, 0.5) is 0 Å². The number of benzene rings is 1. The standard InChI is InChI=1S/C13H20N2O5S2/c1-13(2,21-4)11(12(16)14-17)15-22(18,19)10-7-5-9(20-3)6-8-10/h5-8,11,15,17H,1-4H3,(H,14,16). The highest BCUT2D eigenvalue weighted by molar-refractivity contribution is 8.00. The highest BCUT2D eigenvalue weighted by Gasteiger charge is 2.38. The lowest BCUT2D eigenvalue weighted by molar-refractivity contribution is -0.131. The number of hydrogen-bond acceptors (Lipinski definition) is 6. The first-order valence-corrected chi connectivity index (χ1v) is 9.04. The Hall–Kier alpha value is -1.29. The van der Waals surface area contributed by atoms with Crippen molar-refractivity contribution in [1.82, 2.24) is 10.2 Å². The molecule has 0 bridgehead atoms. The van der Waals surface area contributed by atoms with E-state index in [0.29, 0.717) is 5.75 Å². The third kappa shape index (κ3) is 4.35. The maximum atomic E-state index is 12.4. The van der Waals surface area contributed by atoms with Gasteiger partial charge >= 0.3 is 0 Å². The van der Waals surface area contributed by atoms with Gasteiger partial charge < -0.3 is 4.74 Å². The number of rotatable bonds is 7. The van der Waals surface area contributed by atoms with E-state index in [4.69, 9.17) is 9.94 Å². The third-order valence-corrected chi connectivity index (χ3v) is 5.96. The summed E-state index contributed by atoms with van der Waals surface area (Å²) in [6.07, 6.45) is 1.75. The molecule has 22 heavy (non-hydrogen) atoms. The smallest absolute Gasteiger partial charge is 0.262 e. The summed E-state index contributed by atoms with van der Waals surface area (Å²) in [5.41, 5.74) is 1.50. The Kier molecular flexibility index (Phi) is 6.24. The van der Waals surface area contributed by atoms with Crippen molar-refractivity contribution in [2.45, 2.75) is 29.5 Å². The molecule has 1 atom stereocenters. The number of thioether (sulfide) groups is 1. The van der Waals surface area contributed by atoms with Crippen LogP contribution in [-0.2, 0) is 14.8 Å². The van der Waals surface area contributed by atoms with Gasteiger partial charge in [-0.2, -0.15) is 16.5 Å². The van der Waals surface area contributed by atoms with E-state index in [0.717, 1.165) is 0 Å². The fraction of sp³-hybridized carbons (Fsp3) is 0.462. The first-order chi connectivity index (χ1) is 10.2. The summed E-state index contributed by atoms with van der Waals surface area (Å²) < 4.78 is 31.3. The second kappa shape index (κ2) is 7.32. The van der Waals surface area contributed by atoms with E-state index in [-0.39, 0.29) is 4.90 Å². The highest BCUT2D eigenvalue weighted by atomic mass is 32.2. The zero-order chi connectivity index (χ0) is 17.0. The molecule has 0 aliphatic carbocycles. The van der Waals surface area contributed by atoms with E-state index in [1.54, 1.807) is 20.1 Å². The van der Waals surface area contributed by atoms with Gasteiger partial charge in [0.15, 0.2) is 0 Å². The fourth-order valence-electron chi connectivity index (χ4n) is 1.67. The quantitative estimate of drug-likeness (QED) is 0.501. The van der Waals surface area contributed by atoms with Gasteiger partial charge in [0, 0.05) is 4.75 Å². The predicted molar refractivity (Wildman–Crippen MR) is 84.6 cm³/mol. The van der Waals surface area contributed by atoms with Crippen molar-refractivity contribution in [1.29, 1.82) is 0 Å². The van der Waals surface area contributed by atoms with Gasteiger partial charge in [-0.1, -0.05) is 0 Å². The summed E-state index contributed by atoms with van der Waals surface area (Å²) in [6.45, 7) is 3.40. The molecule has 0 aromatic heterocycles. The van der Waals surface area contributed by atoms with Crippen LogP contribution >= 0.6 is 11.8 Å². The van der Waals surface area contributed by atoms with E-state index in [9.17, 15) is 13.2 Å². The molecule has 7 nitrogen and oxygen atoms in total. The number of hydroxylamine groups is 1. The maximum Gasteiger partial charge on any atom is 0.262 e. The lowest BCUT2D eigenvalue weighted by Crippen LogP contribution is -2.55. The van der Waals surface area contributed by atoms with E-state index >= 15 is 0 Å². The van der Waals surface area contributed by atoms with Crippen molar-refractivity contribution in [2.24, 2.45) is 0 Å². The highest BCUT2D eigenvalue weighted by Crippen LogP contribution is 2.27. The Morgan fingerprint density at radius 2 is 1.86 bits per heavy atom. The van der Waals surface area contributed by atoms with Crippen molar-refractivity contribution < 1.29 is 23.2 Å². The summed E-state index contributed by atoms with van der Waals surface area (Å²) in [5, 5.41) is 8.84. The average Bonchev–Trinajstić information content (AvgIpc) is 2.51. The van der Waals surface area contributed by atoms with Crippen LogP contribution < -0.4 is 14.9 Å². The Morgan fingerprint density at radius 3 is 2.27 bits per heavy atom. The molecule has 3 N–H and O–H groups in total. The van der Waals surface area contributed by atoms with Crippen LogP contribution in [0.25, 0.3) is 0 Å². The SMILES string of the molecule is COc1ccc(S(=O)(=O)NC(C(=O)NO)C(C)(C)SC)cc1. The number of carbonyl (C=O) groups is 1. The number of sulfonamides is 1. The molecule has 0 saturated heterocycles. The minimum absolute atomic E-state index is 0.000873. The zero-order valence-corrected chi connectivity index (χ0v) is 14.4. The second-order valence-electron chi connectivity index (χ2n) is 5.01. The normalized spacial score (nSPS) is 13.5. The first kappa shape index (κ1) is 18.8. The molecule has 1 unspecified atom stereocenters. The lowest BCUT2D eigenvalue weighted by atomic mass is 10.0. The Bertz CT molecular complexity index is 614. The number of hydrogen-bond donors (Lipinski definition) is 3. The van der Waals surface area contributed by atoms with E-state index < -0.39 is 26.7 Å². The molecule has 0 aliphatic rings. The molecule has 1 aromatic carbocycles. The molecular weight excluding hydrogens is 328 g/mol. The van der Waals surface area contributed by atoms with Crippen LogP contribution in [0.2, 0.25) is 0 Å². The van der Waals surface area contributed by atoms with Gasteiger partial charge in [0.1, 0.15) is 11.8 Å². The molecule has 0 heterocycles. The van der Waals surface area contributed by atoms with Crippen LogP contribution in [-0.4, -0.2) is 43.7 Å². The largest absolute Gasteiger partial charge is 0.497 e. The first-order valence-electron chi connectivity index (χ1n) is 6.33. The molecule has 0 saturated carbocycles. The third-order valence-electron chi connectivity index (χ3n) is 3.24. The number of amides is 1. The van der Waals surface area contributed by atoms with Gasteiger partial charge in [0.2, 0.25) is 10.0 Å². The maximum absolute atomic E-state index is 12.4. The van der Waals surface area contributed by atoms with Crippen LogP contribution in [0, 0.1) is 0 Å². The fourth-order valence-corrected chi connectivity index (χ4v) is 3.49. The summed E-state index contributed by atoms with van der Waals surface area (Å²) >= 11 is 1.30. The Labute approximate surface area is 134 Å². The van der Waals surface area contributed by atoms with Gasteiger partial charge in [-0.15, -0.1) is 0 Å². The predicted octanol–water partition coefficient (Wildman–Crippen LogP) is 0.989. The van der Waals surface area contributed by atoms with E-state index in [2.05, 4.69) is 4.72 Å². The van der Waals surface area contributed by atoms with Crippen LogP contribution in [0.1, 0.15) is 13.8 Å². The average molecular weight is 348 g/mol. The number of carbonyl (C=O) groups excluding carboxylic acids is 1. The summed E-state index contributed by atoms with van der Waals surface area (Å²) in [5.74, 6) is -0.301. The number of methoxy groups -OCH3 is 1. The van der Waals surface area contributed by atoms with Crippen LogP contribution in [0.15, 0.2) is 29.2 Å². The molecule has 1 rings (SSSR count). The summed E-state index contributed by atoms with van der Waals surface area (Å²) in [7, 11) is -2.45. The van der Waals surface area contributed by atoms with Crippen LogP contribution in [0.3, 0.4) is 0 Å². The van der Waals surface area contributed by atoms with Crippen LogP contribution in [0.5, 0.6) is 5.75 Å². The minimum Gasteiger partial charge on any atom is -0.497 e. The van der Waals surface area contributed by atoms with Crippen molar-refractivity contribution >= 4 is 27.7 Å². The molecule has 0 radical (unpaired) electrons. The molecule has 9 heteroatoms. The monoisotopic (exact) mass is 348 g/mol. The van der Waals surface area contributed by atoms with Crippen molar-refractivity contribution in [3.63, 3.8) is 0 Å². The van der Waals surface area contributed by atoms with Gasteiger partial charge in [-0.25, -0.2) is 13.9 Å². The Balaban J connectivity index is 3.12. The number of nitrogens with one attached hydrogen (secondary N) is 2. The van der Waals surface area contributed by atoms with Gasteiger partial charge in [0.25, 0.3) is 5.91 Å². The van der Waals surface area contributed by atoms with Crippen molar-refractivity contribution in [3.05, 3.63) is 24.3 Å². The molecule has 1 aromatic rings.